The molecule has 2 atom stereocenters. The van der Waals surface area contributed by atoms with E-state index in [9.17, 15) is 4.79 Å². The average Bonchev–Trinajstić information content (AvgIpc) is 2.79. The Hall–Kier alpha value is -2.73. The van der Waals surface area contributed by atoms with Crippen LogP contribution in [-0.2, 0) is 10.3 Å². The van der Waals surface area contributed by atoms with E-state index in [1.54, 1.807) is 0 Å². The van der Waals surface area contributed by atoms with Crippen LogP contribution in [0.2, 0.25) is 0 Å². The highest BCUT2D eigenvalue weighted by atomic mass is 16.6. The molecule has 0 saturated carbocycles. The van der Waals surface area contributed by atoms with Crippen molar-refractivity contribution >= 4 is 11.8 Å². The first-order valence-corrected chi connectivity index (χ1v) is 11.7. The highest BCUT2D eigenvalue weighted by molar-refractivity contribution is 5.72. The lowest BCUT2D eigenvalue weighted by Gasteiger charge is -2.44. The van der Waals surface area contributed by atoms with Crippen LogP contribution >= 0.6 is 0 Å². The lowest BCUT2D eigenvalue weighted by atomic mass is 9.85. The van der Waals surface area contributed by atoms with Gasteiger partial charge in [-0.1, -0.05) is 24.3 Å². The molecule has 0 aromatic heterocycles. The van der Waals surface area contributed by atoms with Crippen LogP contribution in [0.25, 0.3) is 11.1 Å². The molecule has 4 aliphatic rings. The Labute approximate surface area is 190 Å². The molecule has 32 heavy (non-hydrogen) atoms. The Kier molecular flexibility index (Phi) is 5.49. The fourth-order valence-corrected chi connectivity index (χ4v) is 5.31. The summed E-state index contributed by atoms with van der Waals surface area (Å²) in [6.45, 7) is 5.76. The molecule has 6 heteroatoms. The van der Waals surface area contributed by atoms with Crippen molar-refractivity contribution in [2.24, 2.45) is 5.92 Å². The van der Waals surface area contributed by atoms with Crippen molar-refractivity contribution in [2.75, 3.05) is 45.2 Å². The van der Waals surface area contributed by atoms with Crippen molar-refractivity contribution in [3.05, 3.63) is 48.0 Å². The number of amides is 1. The van der Waals surface area contributed by atoms with Crippen molar-refractivity contribution in [2.45, 2.75) is 37.8 Å². The zero-order valence-electron chi connectivity index (χ0n) is 19.3. The molecule has 2 aromatic rings. The van der Waals surface area contributed by atoms with Crippen LogP contribution < -0.4 is 15.0 Å². The Morgan fingerprint density at radius 2 is 1.94 bits per heavy atom. The van der Waals surface area contributed by atoms with Crippen LogP contribution in [0.1, 0.15) is 31.7 Å². The summed E-state index contributed by atoms with van der Waals surface area (Å²) in [5.41, 5.74) is 3.89. The van der Waals surface area contributed by atoms with Gasteiger partial charge in [-0.3, -0.25) is 4.90 Å². The molecular weight excluding hydrogens is 402 g/mol. The summed E-state index contributed by atoms with van der Waals surface area (Å²) in [5, 5.41) is 3.18. The number of nitrogens with one attached hydrogen (secondary N) is 1. The van der Waals surface area contributed by atoms with Crippen molar-refractivity contribution in [1.29, 1.82) is 0 Å². The van der Waals surface area contributed by atoms with Gasteiger partial charge in [0.2, 0.25) is 0 Å². The predicted octanol–water partition coefficient (Wildman–Crippen LogP) is 4.24. The maximum absolute atomic E-state index is 12.9. The van der Waals surface area contributed by atoms with Gasteiger partial charge in [0.05, 0.1) is 12.1 Å². The van der Waals surface area contributed by atoms with Gasteiger partial charge in [-0.25, -0.2) is 4.79 Å². The normalized spacial score (nSPS) is 28.4. The van der Waals surface area contributed by atoms with E-state index in [4.69, 9.17) is 9.47 Å². The lowest BCUT2D eigenvalue weighted by molar-refractivity contribution is -0.0358. The molecule has 0 radical (unpaired) electrons. The summed E-state index contributed by atoms with van der Waals surface area (Å²) in [4.78, 5) is 17.4. The molecule has 2 aromatic carbocycles. The first kappa shape index (κ1) is 21.1. The molecule has 6 nitrogen and oxygen atoms in total. The van der Waals surface area contributed by atoms with Gasteiger partial charge in [-0.05, 0) is 68.1 Å². The number of alkyl carbamates (subject to hydrolysis) is 1. The van der Waals surface area contributed by atoms with E-state index < -0.39 is 5.54 Å². The smallest absolute Gasteiger partial charge is 0.408 e. The minimum absolute atomic E-state index is 0.00626. The molecular formula is C26H33N3O3. The first-order chi connectivity index (χ1) is 15.4. The molecule has 3 saturated heterocycles. The first-order valence-electron chi connectivity index (χ1n) is 11.7. The number of hydrogen-bond donors (Lipinski definition) is 1. The largest absolute Gasteiger partial charge is 0.493 e. The number of ether oxygens (including phenoxy) is 2. The second-order valence-corrected chi connectivity index (χ2v) is 9.79. The van der Waals surface area contributed by atoms with Crippen molar-refractivity contribution < 1.29 is 14.3 Å². The molecule has 170 valence electrons. The van der Waals surface area contributed by atoms with E-state index in [0.29, 0.717) is 18.9 Å². The van der Waals surface area contributed by atoms with Gasteiger partial charge >= 0.3 is 6.09 Å². The molecule has 3 fully saturated rings. The number of hydrogen-bond acceptors (Lipinski definition) is 5. The zero-order valence-corrected chi connectivity index (χ0v) is 19.3. The van der Waals surface area contributed by atoms with Crippen molar-refractivity contribution in [1.82, 2.24) is 10.2 Å². The lowest BCUT2D eigenvalue weighted by Crippen LogP contribution is -2.54. The van der Waals surface area contributed by atoms with Gasteiger partial charge in [0.1, 0.15) is 11.9 Å². The van der Waals surface area contributed by atoms with E-state index >= 15 is 0 Å². The van der Waals surface area contributed by atoms with Gasteiger partial charge in [-0.2, -0.15) is 0 Å². The molecule has 0 spiro atoms. The summed E-state index contributed by atoms with van der Waals surface area (Å²) >= 11 is 0. The number of rotatable bonds is 4. The maximum Gasteiger partial charge on any atom is 0.408 e. The Balaban J connectivity index is 1.33. The highest BCUT2D eigenvalue weighted by Crippen LogP contribution is 2.40. The number of carbonyl (C=O) groups excluding carboxylic acids is 1. The Bertz CT molecular complexity index is 1000. The quantitative estimate of drug-likeness (QED) is 0.779. The molecule has 1 N–H and O–H groups in total. The number of carbonyl (C=O) groups is 1. The maximum atomic E-state index is 12.9. The van der Waals surface area contributed by atoms with Gasteiger partial charge in [0, 0.05) is 38.3 Å². The van der Waals surface area contributed by atoms with Gasteiger partial charge in [-0.15, -0.1) is 0 Å². The minimum atomic E-state index is -0.511. The molecule has 4 heterocycles. The fourth-order valence-electron chi connectivity index (χ4n) is 5.31. The number of fused-ring (bicyclic) bond motifs is 4. The second kappa shape index (κ2) is 8.32. The SMILES string of the molecule is CN(C)c1cccc(-c2ccc3c(c2)OCCC3(C)NC(=O)O[C@@H]2CN3CCC2CC3)c1. The molecule has 0 aliphatic carbocycles. The van der Waals surface area contributed by atoms with E-state index in [2.05, 4.69) is 64.5 Å². The Morgan fingerprint density at radius 1 is 1.16 bits per heavy atom. The number of nitrogens with zero attached hydrogens (tertiary/aromatic N) is 2. The molecule has 1 unspecified atom stereocenters. The highest BCUT2D eigenvalue weighted by Gasteiger charge is 2.39. The monoisotopic (exact) mass is 435 g/mol. The summed E-state index contributed by atoms with van der Waals surface area (Å²) in [6, 6.07) is 14.7. The van der Waals surface area contributed by atoms with Crippen LogP contribution in [0.3, 0.4) is 0 Å². The molecule has 2 bridgehead atoms. The summed E-state index contributed by atoms with van der Waals surface area (Å²) in [5.74, 6) is 1.33. The summed E-state index contributed by atoms with van der Waals surface area (Å²) in [7, 11) is 4.09. The van der Waals surface area contributed by atoms with Crippen LogP contribution in [0, 0.1) is 5.92 Å². The molecule has 6 rings (SSSR count). The van der Waals surface area contributed by atoms with Crippen molar-refractivity contribution in [3.63, 3.8) is 0 Å². The summed E-state index contributed by atoms with van der Waals surface area (Å²) in [6.07, 6.45) is 2.66. The average molecular weight is 436 g/mol. The fraction of sp³-hybridized carbons (Fsp3) is 0.500. The number of piperidine rings is 3. The van der Waals surface area contributed by atoms with Crippen LogP contribution in [0.5, 0.6) is 5.75 Å². The van der Waals surface area contributed by atoms with Gasteiger partial charge in [0.25, 0.3) is 0 Å². The van der Waals surface area contributed by atoms with Crippen LogP contribution in [0.4, 0.5) is 10.5 Å². The van der Waals surface area contributed by atoms with E-state index in [1.807, 2.05) is 14.1 Å². The molecule has 1 amide bonds. The summed E-state index contributed by atoms with van der Waals surface area (Å²) < 4.78 is 11.9. The third-order valence-electron chi connectivity index (χ3n) is 7.36. The van der Waals surface area contributed by atoms with Crippen molar-refractivity contribution in [3.8, 4) is 16.9 Å². The van der Waals surface area contributed by atoms with E-state index in [-0.39, 0.29) is 12.2 Å². The standard InChI is InChI=1S/C26H33N3O3/c1-26(27-25(30)32-24-17-29-12-9-18(24)10-13-29)11-14-31-23-16-20(7-8-22(23)26)19-5-4-6-21(15-19)28(2)3/h4-8,15-16,18,24H,9-14,17H2,1-3H3,(H,27,30)/t24-,26?/m1/s1. The van der Waals surface area contributed by atoms with E-state index in [0.717, 1.165) is 60.6 Å². The predicted molar refractivity (Wildman–Crippen MR) is 126 cm³/mol. The third-order valence-corrected chi connectivity index (χ3v) is 7.36. The van der Waals surface area contributed by atoms with Crippen LogP contribution in [-0.4, -0.2) is 57.4 Å². The third kappa shape index (κ3) is 4.04. The topological polar surface area (TPSA) is 54.0 Å². The van der Waals surface area contributed by atoms with Crippen LogP contribution in [0.15, 0.2) is 42.5 Å². The zero-order chi connectivity index (χ0) is 22.3. The van der Waals surface area contributed by atoms with E-state index in [1.165, 1.54) is 0 Å². The molecule has 4 aliphatic heterocycles. The minimum Gasteiger partial charge on any atom is -0.493 e. The van der Waals surface area contributed by atoms with Gasteiger partial charge < -0.3 is 19.7 Å². The number of benzene rings is 2. The second-order valence-electron chi connectivity index (χ2n) is 9.79. The Morgan fingerprint density at radius 3 is 2.66 bits per heavy atom. The van der Waals surface area contributed by atoms with Gasteiger partial charge in [0.15, 0.2) is 0 Å². The number of anilines is 1.